The van der Waals surface area contributed by atoms with E-state index in [-0.39, 0.29) is 10.9 Å². The molecule has 0 bridgehead atoms. The number of hydrogen-bond donors (Lipinski definition) is 1. The van der Waals surface area contributed by atoms with Gasteiger partial charge in [-0.15, -0.1) is 0 Å². The summed E-state index contributed by atoms with van der Waals surface area (Å²) in [5, 5.41) is 0. The Hall–Kier alpha value is -1.22. The van der Waals surface area contributed by atoms with Crippen LogP contribution < -0.4 is 4.74 Å². The van der Waals surface area contributed by atoms with Gasteiger partial charge in [-0.05, 0) is 41.7 Å². The molecule has 0 unspecified atom stereocenters. The molecule has 0 radical (unpaired) electrons. The first-order chi connectivity index (χ1) is 6.63. The van der Waals surface area contributed by atoms with Gasteiger partial charge >= 0.3 is 5.97 Å². The first-order valence-corrected chi connectivity index (χ1v) is 6.48. The van der Waals surface area contributed by atoms with Crippen molar-refractivity contribution >= 4 is 16.9 Å². The normalized spacial score (nSPS) is 10.6. The SMILES string of the molecule is C=CC(=O)Oc1ccc([SH](C)C)cc1. The lowest BCUT2D eigenvalue weighted by Crippen LogP contribution is -2.02. The monoisotopic (exact) mass is 210 g/mol. The molecule has 0 aliphatic carbocycles. The number of thiol groups is 1. The van der Waals surface area contributed by atoms with Crippen molar-refractivity contribution < 1.29 is 9.53 Å². The zero-order valence-corrected chi connectivity index (χ0v) is 9.25. The van der Waals surface area contributed by atoms with Gasteiger partial charge in [0.25, 0.3) is 0 Å². The standard InChI is InChI=1S/C11H14O2S/c1-4-11(12)13-9-5-7-10(8-6-9)14(2)3/h4-8,14H,1H2,2-3H3. The van der Waals surface area contributed by atoms with Crippen molar-refractivity contribution in [1.29, 1.82) is 0 Å². The van der Waals surface area contributed by atoms with E-state index in [1.165, 1.54) is 4.90 Å². The van der Waals surface area contributed by atoms with Gasteiger partial charge in [-0.25, -0.2) is 15.7 Å². The van der Waals surface area contributed by atoms with Gasteiger partial charge in [0.2, 0.25) is 0 Å². The van der Waals surface area contributed by atoms with E-state index in [0.29, 0.717) is 5.75 Å². The zero-order chi connectivity index (χ0) is 10.6. The van der Waals surface area contributed by atoms with E-state index < -0.39 is 5.97 Å². The summed E-state index contributed by atoms with van der Waals surface area (Å²) in [5.41, 5.74) is 0. The Morgan fingerprint density at radius 1 is 1.36 bits per heavy atom. The highest BCUT2D eigenvalue weighted by atomic mass is 32.2. The molecule has 0 fully saturated rings. The number of rotatable bonds is 3. The Bertz CT molecular complexity index is 328. The second kappa shape index (κ2) is 4.86. The van der Waals surface area contributed by atoms with Crippen LogP contribution in [0, 0.1) is 0 Å². The van der Waals surface area contributed by atoms with Gasteiger partial charge in [-0.1, -0.05) is 6.58 Å². The van der Waals surface area contributed by atoms with E-state index in [1.54, 1.807) is 12.1 Å². The molecule has 0 atom stereocenters. The first-order valence-electron chi connectivity index (χ1n) is 4.25. The molecule has 76 valence electrons. The number of ether oxygens (including phenoxy) is 1. The highest BCUT2D eigenvalue weighted by Crippen LogP contribution is 2.29. The summed E-state index contributed by atoms with van der Waals surface area (Å²) >= 11 is 0. The maximum atomic E-state index is 10.9. The van der Waals surface area contributed by atoms with Gasteiger partial charge in [0, 0.05) is 6.08 Å². The van der Waals surface area contributed by atoms with Crippen LogP contribution in [0.25, 0.3) is 0 Å². The average molecular weight is 210 g/mol. The van der Waals surface area contributed by atoms with Crippen molar-refractivity contribution in [3.8, 4) is 5.75 Å². The summed E-state index contributed by atoms with van der Waals surface area (Å²) in [4.78, 5) is 12.2. The fourth-order valence-electron chi connectivity index (χ4n) is 0.970. The molecule has 1 aromatic rings. The van der Waals surface area contributed by atoms with Crippen LogP contribution in [0.4, 0.5) is 0 Å². The number of benzene rings is 1. The van der Waals surface area contributed by atoms with Crippen LogP contribution in [0.15, 0.2) is 41.8 Å². The highest BCUT2D eigenvalue weighted by Gasteiger charge is 2.00. The van der Waals surface area contributed by atoms with E-state index in [4.69, 9.17) is 4.74 Å². The minimum Gasteiger partial charge on any atom is -0.423 e. The fourth-order valence-corrected chi connectivity index (χ4v) is 1.72. The molecule has 3 heteroatoms. The van der Waals surface area contributed by atoms with E-state index in [9.17, 15) is 4.79 Å². The second-order valence-corrected chi connectivity index (χ2v) is 5.32. The third-order valence-corrected chi connectivity index (χ3v) is 3.07. The van der Waals surface area contributed by atoms with Crippen LogP contribution in [-0.4, -0.2) is 18.5 Å². The van der Waals surface area contributed by atoms with Crippen molar-refractivity contribution in [2.75, 3.05) is 12.5 Å². The minimum atomic E-state index is -0.423. The molecule has 0 saturated carbocycles. The van der Waals surface area contributed by atoms with Gasteiger partial charge in [-0.2, -0.15) is 0 Å². The van der Waals surface area contributed by atoms with Gasteiger partial charge in [0.05, 0.1) is 0 Å². The van der Waals surface area contributed by atoms with E-state index >= 15 is 0 Å². The van der Waals surface area contributed by atoms with Crippen molar-refractivity contribution in [3.63, 3.8) is 0 Å². The van der Waals surface area contributed by atoms with Crippen LogP contribution in [-0.2, 0) is 4.79 Å². The predicted molar refractivity (Wildman–Crippen MR) is 61.4 cm³/mol. The van der Waals surface area contributed by atoms with Crippen LogP contribution in [0.1, 0.15) is 0 Å². The smallest absolute Gasteiger partial charge is 0.335 e. The lowest BCUT2D eigenvalue weighted by Gasteiger charge is -2.09. The molecule has 1 rings (SSSR count). The van der Waals surface area contributed by atoms with Crippen LogP contribution in [0.2, 0.25) is 0 Å². The molecule has 1 aromatic carbocycles. The van der Waals surface area contributed by atoms with E-state index in [2.05, 4.69) is 19.1 Å². The molecule has 0 saturated heterocycles. The topological polar surface area (TPSA) is 26.3 Å². The lowest BCUT2D eigenvalue weighted by atomic mass is 10.3. The molecule has 0 aliphatic heterocycles. The summed E-state index contributed by atoms with van der Waals surface area (Å²) in [6.07, 6.45) is 5.51. The molecule has 0 amide bonds. The predicted octanol–water partition coefficient (Wildman–Crippen LogP) is 2.40. The van der Waals surface area contributed by atoms with Gasteiger partial charge in [-0.3, -0.25) is 0 Å². The van der Waals surface area contributed by atoms with E-state index in [0.717, 1.165) is 6.08 Å². The van der Waals surface area contributed by atoms with Crippen molar-refractivity contribution in [1.82, 2.24) is 0 Å². The molecule has 0 aromatic heterocycles. The molecular weight excluding hydrogens is 196 g/mol. The van der Waals surface area contributed by atoms with Gasteiger partial charge < -0.3 is 4.74 Å². The first kappa shape index (κ1) is 10.9. The third kappa shape index (κ3) is 2.92. The third-order valence-electron chi connectivity index (χ3n) is 1.74. The van der Waals surface area contributed by atoms with Crippen LogP contribution in [0.5, 0.6) is 5.75 Å². The maximum absolute atomic E-state index is 10.9. The largest absolute Gasteiger partial charge is 0.423 e. The Labute approximate surface area is 86.9 Å². The maximum Gasteiger partial charge on any atom is 0.335 e. The van der Waals surface area contributed by atoms with Crippen molar-refractivity contribution in [2.45, 2.75) is 4.90 Å². The van der Waals surface area contributed by atoms with Crippen LogP contribution in [0.3, 0.4) is 0 Å². The Balaban J connectivity index is 2.73. The highest BCUT2D eigenvalue weighted by molar-refractivity contribution is 8.15. The molecular formula is C11H14O2S. The summed E-state index contributed by atoms with van der Waals surface area (Å²) in [6.45, 7) is 3.33. The number of carbonyl (C=O) groups excluding carboxylic acids is 1. The van der Waals surface area contributed by atoms with Crippen molar-refractivity contribution in [2.24, 2.45) is 0 Å². The molecule has 0 N–H and O–H groups in total. The molecule has 0 aliphatic rings. The van der Waals surface area contributed by atoms with Gasteiger partial charge in [0.1, 0.15) is 5.75 Å². The van der Waals surface area contributed by atoms with Crippen LogP contribution >= 0.6 is 10.9 Å². The second-order valence-electron chi connectivity index (χ2n) is 3.01. The lowest BCUT2D eigenvalue weighted by molar-refractivity contribution is -0.128. The number of hydrogen-bond acceptors (Lipinski definition) is 2. The summed E-state index contributed by atoms with van der Waals surface area (Å²) in [7, 11) is -0.0926. The summed E-state index contributed by atoms with van der Waals surface area (Å²) < 4.78 is 4.95. The van der Waals surface area contributed by atoms with E-state index in [1.807, 2.05) is 12.1 Å². The number of esters is 1. The molecule has 0 heterocycles. The minimum absolute atomic E-state index is 0.0926. The number of carbonyl (C=O) groups is 1. The van der Waals surface area contributed by atoms with Crippen molar-refractivity contribution in [3.05, 3.63) is 36.9 Å². The Morgan fingerprint density at radius 3 is 2.36 bits per heavy atom. The zero-order valence-electron chi connectivity index (χ0n) is 8.36. The molecule has 2 nitrogen and oxygen atoms in total. The Morgan fingerprint density at radius 2 is 1.93 bits per heavy atom. The molecule has 14 heavy (non-hydrogen) atoms. The average Bonchev–Trinajstić information content (AvgIpc) is 2.18. The Kier molecular flexibility index (Phi) is 3.77. The molecule has 0 spiro atoms. The summed E-state index contributed by atoms with van der Waals surface area (Å²) in [5.74, 6) is 0.142. The van der Waals surface area contributed by atoms with Gasteiger partial charge in [0.15, 0.2) is 0 Å². The quantitative estimate of drug-likeness (QED) is 0.359. The fraction of sp³-hybridized carbons (Fsp3) is 0.182. The summed E-state index contributed by atoms with van der Waals surface area (Å²) in [6, 6.07) is 7.58.